The molecule has 0 aliphatic carbocycles. The number of nitrogens with zero attached hydrogens (tertiary/aromatic N) is 2. The van der Waals surface area contributed by atoms with Crippen molar-refractivity contribution < 1.29 is 17.9 Å². The minimum atomic E-state index is -3.77. The van der Waals surface area contributed by atoms with Crippen molar-refractivity contribution in [2.75, 3.05) is 22.8 Å². The van der Waals surface area contributed by atoms with Gasteiger partial charge in [0.15, 0.2) is 0 Å². The number of hydrogen-bond donors (Lipinski definition) is 1. The highest BCUT2D eigenvalue weighted by Crippen LogP contribution is 2.32. The van der Waals surface area contributed by atoms with Crippen LogP contribution in [0.1, 0.15) is 18.1 Å². The Hall–Kier alpha value is -2.61. The summed E-state index contributed by atoms with van der Waals surface area (Å²) in [5.41, 5.74) is 2.92. The average molecular weight is 359 g/mol. The molecule has 0 fully saturated rings. The van der Waals surface area contributed by atoms with Gasteiger partial charge in [-0.3, -0.25) is 9.52 Å². The fourth-order valence-corrected chi connectivity index (χ4v) is 4.24. The van der Waals surface area contributed by atoms with Gasteiger partial charge < -0.3 is 9.64 Å². The van der Waals surface area contributed by atoms with E-state index < -0.39 is 10.0 Å². The summed E-state index contributed by atoms with van der Waals surface area (Å²) >= 11 is 0. The second kappa shape index (κ2) is 5.73. The highest BCUT2D eigenvalue weighted by Gasteiger charge is 2.25. The topological polar surface area (TPSA) is 88.6 Å². The molecule has 1 aromatic heterocycles. The van der Waals surface area contributed by atoms with E-state index in [1.165, 1.54) is 13.1 Å². The SMILES string of the molecule is CC(=O)N1CCc2ccc(S(=O)(=O)Nc3cnc4c(c3)CCO4)cc21. The lowest BCUT2D eigenvalue weighted by molar-refractivity contribution is -0.116. The molecule has 2 aromatic rings. The van der Waals surface area contributed by atoms with Crippen molar-refractivity contribution in [1.82, 2.24) is 4.98 Å². The highest BCUT2D eigenvalue weighted by molar-refractivity contribution is 7.92. The normalized spacial score (nSPS) is 15.5. The molecule has 0 atom stereocenters. The Kier molecular flexibility index (Phi) is 3.64. The van der Waals surface area contributed by atoms with E-state index in [2.05, 4.69) is 9.71 Å². The molecule has 25 heavy (non-hydrogen) atoms. The van der Waals surface area contributed by atoms with Crippen LogP contribution in [0.4, 0.5) is 11.4 Å². The molecule has 2 aliphatic rings. The number of nitrogens with one attached hydrogen (secondary N) is 1. The summed E-state index contributed by atoms with van der Waals surface area (Å²) in [6.45, 7) is 2.62. The van der Waals surface area contributed by atoms with E-state index in [1.54, 1.807) is 29.2 Å². The van der Waals surface area contributed by atoms with Gasteiger partial charge in [-0.05, 0) is 30.2 Å². The number of hydrogen-bond acceptors (Lipinski definition) is 5. The molecule has 130 valence electrons. The van der Waals surface area contributed by atoms with E-state index in [0.29, 0.717) is 36.8 Å². The van der Waals surface area contributed by atoms with Gasteiger partial charge in [0.05, 0.1) is 23.4 Å². The number of ether oxygens (including phenoxy) is 1. The molecule has 8 heteroatoms. The van der Waals surface area contributed by atoms with Crippen LogP contribution in [-0.2, 0) is 27.7 Å². The van der Waals surface area contributed by atoms with Crippen molar-refractivity contribution in [1.29, 1.82) is 0 Å². The lowest BCUT2D eigenvalue weighted by Gasteiger charge is -2.16. The third-order valence-electron chi connectivity index (χ3n) is 4.43. The first-order valence-electron chi connectivity index (χ1n) is 7.99. The van der Waals surface area contributed by atoms with E-state index in [0.717, 1.165) is 17.5 Å². The number of benzene rings is 1. The first-order valence-corrected chi connectivity index (χ1v) is 9.48. The fraction of sp³-hybridized carbons (Fsp3) is 0.294. The largest absolute Gasteiger partial charge is 0.477 e. The monoisotopic (exact) mass is 359 g/mol. The quantitative estimate of drug-likeness (QED) is 0.901. The summed E-state index contributed by atoms with van der Waals surface area (Å²) in [5, 5.41) is 0. The Morgan fingerprint density at radius 3 is 2.88 bits per heavy atom. The number of anilines is 2. The van der Waals surface area contributed by atoms with Gasteiger partial charge in [0.2, 0.25) is 11.8 Å². The molecule has 0 unspecified atom stereocenters. The van der Waals surface area contributed by atoms with E-state index >= 15 is 0 Å². The summed E-state index contributed by atoms with van der Waals surface area (Å²) in [6.07, 6.45) is 2.89. The van der Waals surface area contributed by atoms with E-state index in [4.69, 9.17) is 4.74 Å². The molecular weight excluding hydrogens is 342 g/mol. The molecule has 0 bridgehead atoms. The van der Waals surface area contributed by atoms with Crippen molar-refractivity contribution in [2.45, 2.75) is 24.7 Å². The summed E-state index contributed by atoms with van der Waals surface area (Å²) in [7, 11) is -3.77. The number of rotatable bonds is 3. The van der Waals surface area contributed by atoms with Crippen molar-refractivity contribution in [3.63, 3.8) is 0 Å². The number of pyridine rings is 1. The molecule has 1 N–H and O–H groups in total. The summed E-state index contributed by atoms with van der Waals surface area (Å²) in [6, 6.07) is 6.62. The summed E-state index contributed by atoms with van der Waals surface area (Å²) in [5.74, 6) is 0.460. The number of fused-ring (bicyclic) bond motifs is 2. The zero-order valence-electron chi connectivity index (χ0n) is 13.7. The second-order valence-electron chi connectivity index (χ2n) is 6.10. The minimum absolute atomic E-state index is 0.0934. The van der Waals surface area contributed by atoms with Crippen LogP contribution in [0.3, 0.4) is 0 Å². The molecule has 7 nitrogen and oxygen atoms in total. The van der Waals surface area contributed by atoms with Gasteiger partial charge in [-0.2, -0.15) is 0 Å². The Morgan fingerprint density at radius 1 is 1.24 bits per heavy atom. The van der Waals surface area contributed by atoms with Gasteiger partial charge in [0, 0.05) is 31.1 Å². The zero-order valence-corrected chi connectivity index (χ0v) is 14.5. The van der Waals surface area contributed by atoms with Crippen molar-refractivity contribution >= 4 is 27.3 Å². The van der Waals surface area contributed by atoms with E-state index in [-0.39, 0.29) is 10.8 Å². The first-order chi connectivity index (χ1) is 11.9. The van der Waals surface area contributed by atoms with Crippen molar-refractivity contribution in [2.24, 2.45) is 0 Å². The number of carbonyl (C=O) groups excluding carboxylic acids is 1. The van der Waals surface area contributed by atoms with Crippen molar-refractivity contribution in [3.05, 3.63) is 41.6 Å². The molecule has 3 heterocycles. The molecule has 0 radical (unpaired) electrons. The number of aromatic nitrogens is 1. The molecule has 0 saturated carbocycles. The van der Waals surface area contributed by atoms with Crippen LogP contribution < -0.4 is 14.4 Å². The van der Waals surface area contributed by atoms with Crippen LogP contribution in [0.25, 0.3) is 0 Å². The van der Waals surface area contributed by atoms with Crippen molar-refractivity contribution in [3.8, 4) is 5.88 Å². The van der Waals surface area contributed by atoms with Crippen LogP contribution in [0, 0.1) is 0 Å². The minimum Gasteiger partial charge on any atom is -0.477 e. The Balaban J connectivity index is 1.65. The maximum atomic E-state index is 12.7. The average Bonchev–Trinajstić information content (AvgIpc) is 3.19. The lowest BCUT2D eigenvalue weighted by atomic mass is 10.2. The van der Waals surface area contributed by atoms with Gasteiger partial charge in [-0.1, -0.05) is 6.07 Å². The van der Waals surface area contributed by atoms with Crippen LogP contribution >= 0.6 is 0 Å². The lowest BCUT2D eigenvalue weighted by Crippen LogP contribution is -2.26. The number of amides is 1. The third kappa shape index (κ3) is 2.82. The molecule has 4 rings (SSSR count). The maximum Gasteiger partial charge on any atom is 0.262 e. The molecule has 0 saturated heterocycles. The summed E-state index contributed by atoms with van der Waals surface area (Å²) in [4.78, 5) is 17.6. The van der Waals surface area contributed by atoms with Crippen LogP contribution in [0.2, 0.25) is 0 Å². The van der Waals surface area contributed by atoms with Crippen LogP contribution in [0.5, 0.6) is 5.88 Å². The zero-order chi connectivity index (χ0) is 17.6. The molecular formula is C17H17N3O4S. The summed E-state index contributed by atoms with van der Waals surface area (Å²) < 4.78 is 33.3. The number of carbonyl (C=O) groups is 1. The Bertz CT molecular complexity index is 972. The maximum absolute atomic E-state index is 12.7. The van der Waals surface area contributed by atoms with E-state index in [9.17, 15) is 13.2 Å². The molecule has 1 amide bonds. The Labute approximate surface area is 145 Å². The van der Waals surface area contributed by atoms with Gasteiger partial charge in [0.1, 0.15) is 0 Å². The van der Waals surface area contributed by atoms with Gasteiger partial charge in [0.25, 0.3) is 10.0 Å². The van der Waals surface area contributed by atoms with E-state index in [1.807, 2.05) is 0 Å². The fourth-order valence-electron chi connectivity index (χ4n) is 3.19. The Morgan fingerprint density at radius 2 is 2.08 bits per heavy atom. The number of sulfonamides is 1. The molecule has 2 aliphatic heterocycles. The first kappa shape index (κ1) is 15.9. The molecule has 0 spiro atoms. The van der Waals surface area contributed by atoms with Crippen LogP contribution in [0.15, 0.2) is 35.4 Å². The van der Waals surface area contributed by atoms with Crippen LogP contribution in [-0.4, -0.2) is 32.5 Å². The smallest absolute Gasteiger partial charge is 0.262 e. The molecule has 1 aromatic carbocycles. The van der Waals surface area contributed by atoms with Gasteiger partial charge >= 0.3 is 0 Å². The third-order valence-corrected chi connectivity index (χ3v) is 5.81. The predicted octanol–water partition coefficient (Wildman–Crippen LogP) is 1.73. The van der Waals surface area contributed by atoms with Gasteiger partial charge in [-0.15, -0.1) is 0 Å². The predicted molar refractivity (Wildman–Crippen MR) is 92.4 cm³/mol. The standard InChI is InChI=1S/C17H17N3O4S/c1-11(21)20-6-4-12-2-3-15(9-16(12)20)25(22,23)19-14-8-13-5-7-24-17(13)18-10-14/h2-3,8-10,19H,4-7H2,1H3. The highest BCUT2D eigenvalue weighted by atomic mass is 32.2. The van der Waals surface area contributed by atoms with Gasteiger partial charge in [-0.25, -0.2) is 13.4 Å². The second-order valence-corrected chi connectivity index (χ2v) is 7.79.